The predicted octanol–water partition coefficient (Wildman–Crippen LogP) is 13.3. The fourth-order valence-corrected chi connectivity index (χ4v) is 11.2. The molecule has 0 aromatic heterocycles. The van der Waals surface area contributed by atoms with Gasteiger partial charge in [-0.15, -0.1) is 11.8 Å². The number of hydrogen-bond acceptors (Lipinski definition) is 5. The van der Waals surface area contributed by atoms with Crippen LogP contribution in [0.5, 0.6) is 0 Å². The van der Waals surface area contributed by atoms with E-state index in [2.05, 4.69) is 20.4 Å². The first kappa shape index (κ1) is 50.6. The molecule has 0 spiro atoms. The van der Waals surface area contributed by atoms with E-state index < -0.39 is 58.3 Å². The van der Waals surface area contributed by atoms with Crippen LogP contribution in [-0.4, -0.2) is 65.1 Å². The molecule has 17 heteroatoms. The van der Waals surface area contributed by atoms with Crippen LogP contribution in [0.3, 0.4) is 0 Å². The first-order valence-corrected chi connectivity index (χ1v) is 24.3. The van der Waals surface area contributed by atoms with Crippen LogP contribution in [0.2, 0.25) is 5.02 Å². The summed E-state index contributed by atoms with van der Waals surface area (Å²) in [5.74, 6) is -1.35. The average Bonchev–Trinajstić information content (AvgIpc) is 4.01. The Labute approximate surface area is 394 Å². The van der Waals surface area contributed by atoms with Crippen molar-refractivity contribution in [2.75, 3.05) is 32.4 Å². The smallest absolute Gasteiger partial charge is 0.343 e. The van der Waals surface area contributed by atoms with Crippen molar-refractivity contribution in [3.8, 4) is 0 Å². The molecule has 2 saturated heterocycles. The van der Waals surface area contributed by atoms with Crippen LogP contribution in [0.15, 0.2) is 89.8 Å². The van der Waals surface area contributed by atoms with Gasteiger partial charge in [0.1, 0.15) is 0 Å². The van der Waals surface area contributed by atoms with E-state index in [-0.39, 0.29) is 41.1 Å². The van der Waals surface area contributed by atoms with Crippen molar-refractivity contribution in [1.82, 2.24) is 20.4 Å². The zero-order valence-corrected chi connectivity index (χ0v) is 38.8. The highest BCUT2D eigenvalue weighted by molar-refractivity contribution is 7.98. The highest BCUT2D eigenvalue weighted by Gasteiger charge is 2.52. The Bertz CT molecular complexity index is 2360. The Morgan fingerprint density at radius 3 is 1.55 bits per heavy atom. The summed E-state index contributed by atoms with van der Waals surface area (Å²) in [6.07, 6.45) is -3.16. The van der Waals surface area contributed by atoms with Crippen LogP contribution < -0.4 is 10.6 Å². The summed E-state index contributed by atoms with van der Waals surface area (Å²) in [5.41, 5.74) is -3.33. The molecule has 2 atom stereocenters. The molecule has 2 heterocycles. The molecule has 4 aromatic rings. The third kappa shape index (κ3) is 10.8. The molecule has 0 radical (unpaired) electrons. The zero-order valence-electron chi connectivity index (χ0n) is 37.2. The van der Waals surface area contributed by atoms with Crippen molar-refractivity contribution in [2.24, 2.45) is 0 Å². The number of aryl methyl sites for hydroxylation is 1. The molecule has 4 aromatic carbocycles. The first-order chi connectivity index (χ1) is 31.7. The molecule has 2 aliphatic heterocycles. The minimum Gasteiger partial charge on any atom is -0.343 e. The molecule has 4 aliphatic rings. The molecule has 4 fully saturated rings. The lowest BCUT2D eigenvalue weighted by Gasteiger charge is -2.54. The van der Waals surface area contributed by atoms with Crippen molar-refractivity contribution in [3.63, 3.8) is 0 Å². The molecule has 2 aliphatic carbocycles. The lowest BCUT2D eigenvalue weighted by Crippen LogP contribution is -2.60. The number of thioether (sulfide) groups is 1. The van der Waals surface area contributed by atoms with E-state index >= 15 is 0 Å². The summed E-state index contributed by atoms with van der Waals surface area (Å²) >= 11 is 7.25. The van der Waals surface area contributed by atoms with Crippen molar-refractivity contribution >= 4 is 35.2 Å². The zero-order chi connectivity index (χ0) is 48.4. The largest absolute Gasteiger partial charge is 0.417 e. The maximum Gasteiger partial charge on any atom is 0.417 e. The molecule has 6 nitrogen and oxygen atoms in total. The maximum absolute atomic E-state index is 14.0. The van der Waals surface area contributed by atoms with Gasteiger partial charge in [0.25, 0.3) is 11.8 Å². The molecule has 2 saturated carbocycles. The molecule has 2 unspecified atom stereocenters. The predicted molar refractivity (Wildman–Crippen MR) is 242 cm³/mol. The van der Waals surface area contributed by atoms with E-state index in [4.69, 9.17) is 11.6 Å². The SMILES string of the molecule is CCc1cc(C(F)(F)F)cc(C(F)(F)F)c1C(=O)NC(c1ccccc1)C1(N2CCCC2)CCC1.CSc1cc(C(F)(F)F)ccc1C(=O)NC(c1ccc(Cl)cc1)C1(N2CCCC2)CCC1. The molecule has 2 amide bonds. The number of alkyl halides is 9. The number of likely N-dealkylation sites (tertiary alicyclic amines) is 2. The minimum atomic E-state index is -5.12. The summed E-state index contributed by atoms with van der Waals surface area (Å²) in [6, 6.07) is 19.8. The summed E-state index contributed by atoms with van der Waals surface area (Å²) in [6.45, 7) is 5.12. The number of carbonyl (C=O) groups excluding carboxylic acids is 2. The van der Waals surface area contributed by atoms with Crippen LogP contribution in [0.25, 0.3) is 0 Å². The monoisotopic (exact) mass is 980 g/mol. The van der Waals surface area contributed by atoms with Gasteiger partial charge in [-0.25, -0.2) is 0 Å². The normalized spacial score (nSPS) is 19.3. The maximum atomic E-state index is 14.0. The number of halogens is 10. The highest BCUT2D eigenvalue weighted by Crippen LogP contribution is 2.50. The van der Waals surface area contributed by atoms with Gasteiger partial charge < -0.3 is 10.6 Å². The highest BCUT2D eigenvalue weighted by atomic mass is 35.5. The van der Waals surface area contributed by atoms with Gasteiger partial charge in [-0.2, -0.15) is 39.5 Å². The van der Waals surface area contributed by atoms with Crippen molar-refractivity contribution < 1.29 is 49.1 Å². The van der Waals surface area contributed by atoms with Gasteiger partial charge >= 0.3 is 18.5 Å². The van der Waals surface area contributed by atoms with E-state index in [9.17, 15) is 49.1 Å². The fraction of sp³-hybridized carbons (Fsp3) is 0.480. The second-order valence-corrected chi connectivity index (χ2v) is 19.2. The number of rotatable bonds is 12. The van der Waals surface area contributed by atoms with Gasteiger partial charge in [0.2, 0.25) is 0 Å². The Kier molecular flexibility index (Phi) is 15.4. The van der Waals surface area contributed by atoms with Crippen molar-refractivity contribution in [3.05, 3.63) is 134 Å². The Balaban J connectivity index is 0.000000200. The van der Waals surface area contributed by atoms with Gasteiger partial charge in [-0.05, 0) is 162 Å². The fourth-order valence-electron chi connectivity index (χ4n) is 10.4. The van der Waals surface area contributed by atoms with Gasteiger partial charge in [0.05, 0.1) is 39.9 Å². The molecule has 0 bridgehead atoms. The lowest BCUT2D eigenvalue weighted by atomic mass is 9.68. The number of nitrogens with one attached hydrogen (secondary N) is 2. The van der Waals surface area contributed by atoms with Crippen molar-refractivity contribution in [1.29, 1.82) is 0 Å². The minimum absolute atomic E-state index is 0.0468. The number of amides is 2. The van der Waals surface area contributed by atoms with Crippen LogP contribution in [0.1, 0.15) is 137 Å². The second-order valence-electron chi connectivity index (χ2n) is 17.9. The van der Waals surface area contributed by atoms with Crippen LogP contribution in [0, 0.1) is 0 Å². The molecule has 67 heavy (non-hydrogen) atoms. The van der Waals surface area contributed by atoms with Gasteiger partial charge in [-0.1, -0.05) is 61.0 Å². The van der Waals surface area contributed by atoms with E-state index in [0.717, 1.165) is 125 Å². The van der Waals surface area contributed by atoms with Crippen molar-refractivity contribution in [2.45, 2.75) is 124 Å². The van der Waals surface area contributed by atoms with E-state index in [1.54, 1.807) is 6.26 Å². The van der Waals surface area contributed by atoms with Crippen LogP contribution >= 0.6 is 23.4 Å². The number of hydrogen-bond donors (Lipinski definition) is 2. The lowest BCUT2D eigenvalue weighted by molar-refractivity contribution is -0.143. The average molecular weight is 982 g/mol. The van der Waals surface area contributed by atoms with Gasteiger partial charge in [0, 0.05) is 21.0 Å². The summed E-state index contributed by atoms with van der Waals surface area (Å²) in [7, 11) is 0. The second kappa shape index (κ2) is 20.4. The van der Waals surface area contributed by atoms with E-state index in [0.29, 0.717) is 16.0 Å². The number of carbonyl (C=O) groups is 2. The summed E-state index contributed by atoms with van der Waals surface area (Å²) in [4.78, 5) is 32.0. The first-order valence-electron chi connectivity index (χ1n) is 22.7. The molecular formula is C50H54ClF9N4O2S. The molecular weight excluding hydrogens is 927 g/mol. The third-order valence-electron chi connectivity index (χ3n) is 14.1. The topological polar surface area (TPSA) is 64.7 Å². The van der Waals surface area contributed by atoms with E-state index in [1.165, 1.54) is 13.0 Å². The summed E-state index contributed by atoms with van der Waals surface area (Å²) < 4.78 is 121. The number of nitrogens with zero attached hydrogens (tertiary/aromatic N) is 2. The number of benzene rings is 4. The molecule has 2 N–H and O–H groups in total. The summed E-state index contributed by atoms with van der Waals surface area (Å²) in [5, 5.41) is 6.68. The van der Waals surface area contributed by atoms with Gasteiger partial charge in [-0.3, -0.25) is 19.4 Å². The molecule has 362 valence electrons. The Morgan fingerprint density at radius 1 is 0.627 bits per heavy atom. The van der Waals surface area contributed by atoms with Crippen LogP contribution in [-0.2, 0) is 24.9 Å². The standard InChI is InChI=1S/C26H28F6N2O.C24H26ClF3N2OS/c1-2-17-15-19(25(27,28)29)16-20(26(30,31)32)21(17)23(35)33-22(18-9-4-3-5-10-18)24(11-8-12-24)34-13-6-7-14-34;1-32-20-15-17(24(26,27)28)7-10-19(20)22(31)29-21(16-5-8-18(25)9-6-16)23(11-4-12-23)30-13-2-3-14-30/h3-5,9-10,15-16,22H,2,6-8,11-14H2,1H3,(H,33,35);5-10,15,21H,2-4,11-14H2,1H3,(H,29,31). The Hall–Kier alpha value is -4.25. The quantitative estimate of drug-likeness (QED) is 0.109. The van der Waals surface area contributed by atoms with Crippen LogP contribution in [0.4, 0.5) is 39.5 Å². The van der Waals surface area contributed by atoms with Gasteiger partial charge in [0.15, 0.2) is 0 Å². The molecule has 8 rings (SSSR count). The van der Waals surface area contributed by atoms with E-state index in [1.807, 2.05) is 54.6 Å². The Morgan fingerprint density at radius 2 is 1.12 bits per heavy atom. The third-order valence-corrected chi connectivity index (χ3v) is 15.1.